The summed E-state index contributed by atoms with van der Waals surface area (Å²) in [5.74, 6) is -1.44. The number of carbonyl (C=O) groups is 2. The number of halogens is 3. The molecule has 2 aliphatic rings. The van der Waals surface area contributed by atoms with Gasteiger partial charge in [0.2, 0.25) is 5.91 Å². The highest BCUT2D eigenvalue weighted by Crippen LogP contribution is 2.51. The quantitative estimate of drug-likeness (QED) is 0.822. The smallest absolute Gasteiger partial charge is 0.436 e. The predicted octanol–water partition coefficient (Wildman–Crippen LogP) is 0.814. The standard InChI is InChI=1S/C11H11F3N4O3S/c1-10(4-17-3-5(15-16-17)11(12,13)14)8(9(20)21)18-6(19)2-7(18)22-10/h3,7-8H,2,4H2,1H3,(H,20,21). The molecule has 2 saturated heterocycles. The highest BCUT2D eigenvalue weighted by atomic mass is 32.2. The molecule has 11 heteroatoms. The Morgan fingerprint density at radius 1 is 1.59 bits per heavy atom. The number of aliphatic carboxylic acids is 1. The minimum atomic E-state index is -4.60. The molecule has 1 aromatic heterocycles. The van der Waals surface area contributed by atoms with Crippen LogP contribution in [0.5, 0.6) is 0 Å². The fraction of sp³-hybridized carbons (Fsp3) is 0.636. The number of carboxylic acid groups (broad SMARTS) is 1. The van der Waals surface area contributed by atoms with Crippen molar-refractivity contribution in [1.29, 1.82) is 0 Å². The summed E-state index contributed by atoms with van der Waals surface area (Å²) in [6.45, 7) is 1.52. The summed E-state index contributed by atoms with van der Waals surface area (Å²) in [5.41, 5.74) is -1.13. The van der Waals surface area contributed by atoms with E-state index in [1.165, 1.54) is 16.7 Å². The first kappa shape index (κ1) is 15.1. The Hall–Kier alpha value is -1.78. The van der Waals surface area contributed by atoms with E-state index < -0.39 is 28.6 Å². The number of carboxylic acids is 1. The monoisotopic (exact) mass is 336 g/mol. The maximum Gasteiger partial charge on any atom is 0.436 e. The normalized spacial score (nSPS) is 31.1. The van der Waals surface area contributed by atoms with Crippen LogP contribution in [0.25, 0.3) is 0 Å². The maximum absolute atomic E-state index is 12.5. The molecule has 7 nitrogen and oxygen atoms in total. The van der Waals surface area contributed by atoms with Crippen LogP contribution in [-0.4, -0.2) is 53.0 Å². The van der Waals surface area contributed by atoms with Crippen molar-refractivity contribution in [3.8, 4) is 0 Å². The van der Waals surface area contributed by atoms with E-state index in [9.17, 15) is 27.9 Å². The number of thioether (sulfide) groups is 1. The number of hydrogen-bond acceptors (Lipinski definition) is 5. The lowest BCUT2D eigenvalue weighted by atomic mass is 9.96. The van der Waals surface area contributed by atoms with Gasteiger partial charge in [-0.25, -0.2) is 4.79 Å². The summed E-state index contributed by atoms with van der Waals surface area (Å²) in [6.07, 6.45) is -3.62. The Morgan fingerprint density at radius 3 is 2.77 bits per heavy atom. The number of fused-ring (bicyclic) bond motifs is 1. The second-order valence-corrected chi connectivity index (χ2v) is 7.14. The number of amides is 1. The largest absolute Gasteiger partial charge is 0.480 e. The van der Waals surface area contributed by atoms with Crippen LogP contribution in [0, 0.1) is 0 Å². The first-order valence-corrected chi connectivity index (χ1v) is 7.19. The van der Waals surface area contributed by atoms with Gasteiger partial charge >= 0.3 is 12.1 Å². The molecule has 3 unspecified atom stereocenters. The summed E-state index contributed by atoms with van der Waals surface area (Å²) < 4.78 is 37.6. The number of β-lactam (4-membered cyclic amide) rings is 1. The van der Waals surface area contributed by atoms with Crippen LogP contribution < -0.4 is 0 Å². The molecule has 1 amide bonds. The molecule has 2 aliphatic heterocycles. The molecular formula is C11H11F3N4O3S. The van der Waals surface area contributed by atoms with Crippen LogP contribution in [0.3, 0.4) is 0 Å². The van der Waals surface area contributed by atoms with E-state index >= 15 is 0 Å². The van der Waals surface area contributed by atoms with Crippen LogP contribution in [0.4, 0.5) is 13.2 Å². The van der Waals surface area contributed by atoms with Gasteiger partial charge in [0.1, 0.15) is 6.04 Å². The van der Waals surface area contributed by atoms with Gasteiger partial charge in [0.05, 0.1) is 29.3 Å². The third-order valence-electron chi connectivity index (χ3n) is 3.75. The number of aromatic nitrogens is 3. The molecule has 3 rings (SSSR count). The number of rotatable bonds is 3. The van der Waals surface area contributed by atoms with Crippen LogP contribution in [-0.2, 0) is 22.3 Å². The molecule has 22 heavy (non-hydrogen) atoms. The van der Waals surface area contributed by atoms with Crippen LogP contribution in [0.1, 0.15) is 19.0 Å². The molecule has 0 spiro atoms. The lowest BCUT2D eigenvalue weighted by Crippen LogP contribution is -2.58. The number of carbonyl (C=O) groups excluding carboxylic acids is 1. The summed E-state index contributed by atoms with van der Waals surface area (Å²) in [6, 6.07) is -1.10. The van der Waals surface area contributed by atoms with Crippen molar-refractivity contribution in [3.63, 3.8) is 0 Å². The van der Waals surface area contributed by atoms with Gasteiger partial charge in [0.15, 0.2) is 5.69 Å². The third-order valence-corrected chi connectivity index (χ3v) is 5.30. The van der Waals surface area contributed by atoms with Crippen LogP contribution >= 0.6 is 11.8 Å². The molecular weight excluding hydrogens is 325 g/mol. The Kier molecular flexibility index (Phi) is 3.17. The fourth-order valence-electron chi connectivity index (χ4n) is 2.81. The highest BCUT2D eigenvalue weighted by Gasteiger charge is 2.60. The SMILES string of the molecule is CC1(Cn2cc(C(F)(F)F)nn2)SC2CC(=O)N2C1C(=O)O. The zero-order valence-electron chi connectivity index (χ0n) is 11.2. The van der Waals surface area contributed by atoms with Crippen molar-refractivity contribution in [2.45, 2.75) is 42.2 Å². The molecule has 0 aromatic carbocycles. The van der Waals surface area contributed by atoms with Crippen molar-refractivity contribution in [2.75, 3.05) is 0 Å². The van der Waals surface area contributed by atoms with Crippen LogP contribution in [0.15, 0.2) is 6.20 Å². The topological polar surface area (TPSA) is 88.3 Å². The molecule has 1 aromatic rings. The van der Waals surface area contributed by atoms with Crippen LogP contribution in [0.2, 0.25) is 0 Å². The Labute approximate surface area is 126 Å². The average molecular weight is 336 g/mol. The van der Waals surface area contributed by atoms with E-state index in [4.69, 9.17) is 0 Å². The number of alkyl halides is 3. The molecule has 2 fully saturated rings. The molecule has 0 saturated carbocycles. The van der Waals surface area contributed by atoms with Gasteiger partial charge in [-0.3, -0.25) is 9.48 Å². The minimum Gasteiger partial charge on any atom is -0.480 e. The first-order chi connectivity index (χ1) is 10.1. The lowest BCUT2D eigenvalue weighted by molar-refractivity contribution is -0.157. The zero-order valence-corrected chi connectivity index (χ0v) is 12.1. The van der Waals surface area contributed by atoms with Crippen molar-refractivity contribution >= 4 is 23.6 Å². The average Bonchev–Trinajstić information content (AvgIpc) is 2.90. The fourth-order valence-corrected chi connectivity index (χ4v) is 4.56. The molecule has 0 radical (unpaired) electrons. The Balaban J connectivity index is 1.85. The Bertz CT molecular complexity index is 649. The predicted molar refractivity (Wildman–Crippen MR) is 67.7 cm³/mol. The molecule has 3 atom stereocenters. The summed E-state index contributed by atoms with van der Waals surface area (Å²) in [4.78, 5) is 24.3. The molecule has 0 bridgehead atoms. The van der Waals surface area contributed by atoms with Gasteiger partial charge in [-0.2, -0.15) is 13.2 Å². The summed E-state index contributed by atoms with van der Waals surface area (Å²) in [7, 11) is 0. The van der Waals surface area contributed by atoms with E-state index in [1.54, 1.807) is 6.92 Å². The number of hydrogen-bond donors (Lipinski definition) is 1. The van der Waals surface area contributed by atoms with E-state index in [1.807, 2.05) is 0 Å². The van der Waals surface area contributed by atoms with Crippen molar-refractivity contribution < 1.29 is 27.9 Å². The van der Waals surface area contributed by atoms with Gasteiger partial charge in [0, 0.05) is 0 Å². The summed E-state index contributed by atoms with van der Waals surface area (Å²) in [5, 5.41) is 15.6. The van der Waals surface area contributed by atoms with Crippen molar-refractivity contribution in [3.05, 3.63) is 11.9 Å². The van der Waals surface area contributed by atoms with Gasteiger partial charge in [0.25, 0.3) is 0 Å². The highest BCUT2D eigenvalue weighted by molar-refractivity contribution is 8.01. The maximum atomic E-state index is 12.5. The van der Waals surface area contributed by atoms with E-state index in [2.05, 4.69) is 10.3 Å². The second-order valence-electron chi connectivity index (χ2n) is 5.43. The summed E-state index contributed by atoms with van der Waals surface area (Å²) >= 11 is 1.27. The minimum absolute atomic E-state index is 0.0853. The van der Waals surface area contributed by atoms with Gasteiger partial charge < -0.3 is 10.0 Å². The van der Waals surface area contributed by atoms with Gasteiger partial charge in [-0.1, -0.05) is 5.21 Å². The number of nitrogens with zero attached hydrogens (tertiary/aromatic N) is 4. The zero-order chi connectivity index (χ0) is 16.3. The van der Waals surface area contributed by atoms with E-state index in [0.717, 1.165) is 10.9 Å². The van der Waals surface area contributed by atoms with E-state index in [0.29, 0.717) is 0 Å². The van der Waals surface area contributed by atoms with E-state index in [-0.39, 0.29) is 24.2 Å². The first-order valence-electron chi connectivity index (χ1n) is 6.31. The Morgan fingerprint density at radius 2 is 2.27 bits per heavy atom. The lowest BCUT2D eigenvalue weighted by Gasteiger charge is -2.36. The molecule has 3 heterocycles. The van der Waals surface area contributed by atoms with Gasteiger partial charge in [-0.05, 0) is 6.92 Å². The second kappa shape index (κ2) is 4.61. The van der Waals surface area contributed by atoms with Crippen molar-refractivity contribution in [2.24, 2.45) is 0 Å². The third kappa shape index (κ3) is 2.23. The molecule has 1 N–H and O–H groups in total. The molecule has 0 aliphatic carbocycles. The van der Waals surface area contributed by atoms with Crippen molar-refractivity contribution in [1.82, 2.24) is 19.9 Å². The van der Waals surface area contributed by atoms with Gasteiger partial charge in [-0.15, -0.1) is 16.9 Å². The molecule has 120 valence electrons.